The molecule has 0 saturated carbocycles. The zero-order valence-electron chi connectivity index (χ0n) is 11.1. The molecular formula is C17H16F2O. The molecule has 0 fully saturated rings. The van der Waals surface area contributed by atoms with Gasteiger partial charge in [-0.15, -0.1) is 0 Å². The molecule has 0 aromatic heterocycles. The van der Waals surface area contributed by atoms with Crippen LogP contribution in [0.5, 0.6) is 0 Å². The molecule has 0 spiro atoms. The van der Waals surface area contributed by atoms with Gasteiger partial charge in [0.05, 0.1) is 0 Å². The summed E-state index contributed by atoms with van der Waals surface area (Å²) in [6.45, 7) is 0. The van der Waals surface area contributed by atoms with E-state index in [9.17, 15) is 13.6 Å². The summed E-state index contributed by atoms with van der Waals surface area (Å²) in [6.07, 6.45) is 2.23. The second-order valence-electron chi connectivity index (χ2n) is 4.80. The van der Waals surface area contributed by atoms with Crippen molar-refractivity contribution in [1.29, 1.82) is 0 Å². The number of hydrogen-bond acceptors (Lipinski definition) is 1. The maximum atomic E-state index is 13.0. The third-order valence-electron chi connectivity index (χ3n) is 3.15. The Bertz CT molecular complexity index is 579. The Balaban J connectivity index is 1.79. The van der Waals surface area contributed by atoms with E-state index in [4.69, 9.17) is 0 Å². The van der Waals surface area contributed by atoms with Gasteiger partial charge in [-0.1, -0.05) is 36.4 Å². The van der Waals surface area contributed by atoms with Crippen LogP contribution in [0.15, 0.2) is 48.5 Å². The summed E-state index contributed by atoms with van der Waals surface area (Å²) in [7, 11) is 0. The van der Waals surface area contributed by atoms with E-state index < -0.39 is 11.6 Å². The molecule has 0 unspecified atom stereocenters. The number of aryl methyl sites for hydroxylation is 1. The number of carbonyl (C=O) groups excluding carboxylic acids is 1. The summed E-state index contributed by atoms with van der Waals surface area (Å²) in [4.78, 5) is 11.8. The van der Waals surface area contributed by atoms with E-state index in [1.165, 1.54) is 11.6 Å². The Morgan fingerprint density at radius 3 is 2.35 bits per heavy atom. The molecule has 0 aliphatic heterocycles. The first-order valence-electron chi connectivity index (χ1n) is 6.65. The quantitative estimate of drug-likeness (QED) is 0.775. The van der Waals surface area contributed by atoms with Gasteiger partial charge in [-0.3, -0.25) is 4.79 Å². The molecule has 0 heterocycles. The molecule has 0 aliphatic carbocycles. The van der Waals surface area contributed by atoms with E-state index in [1.54, 1.807) is 0 Å². The van der Waals surface area contributed by atoms with Gasteiger partial charge in [-0.25, -0.2) is 8.78 Å². The highest BCUT2D eigenvalue weighted by molar-refractivity contribution is 5.80. The van der Waals surface area contributed by atoms with Gasteiger partial charge in [0.2, 0.25) is 0 Å². The van der Waals surface area contributed by atoms with E-state index >= 15 is 0 Å². The third-order valence-corrected chi connectivity index (χ3v) is 3.15. The molecule has 20 heavy (non-hydrogen) atoms. The first-order valence-corrected chi connectivity index (χ1v) is 6.65. The van der Waals surface area contributed by atoms with Crippen LogP contribution in [0.4, 0.5) is 8.78 Å². The predicted octanol–water partition coefficient (Wildman–Crippen LogP) is 4.10. The van der Waals surface area contributed by atoms with Crippen molar-refractivity contribution in [2.24, 2.45) is 0 Å². The summed E-state index contributed by atoms with van der Waals surface area (Å²) in [6, 6.07) is 13.5. The summed E-state index contributed by atoms with van der Waals surface area (Å²) in [5.41, 5.74) is 1.72. The van der Waals surface area contributed by atoms with Crippen molar-refractivity contribution in [3.8, 4) is 0 Å². The summed E-state index contributed by atoms with van der Waals surface area (Å²) in [5, 5.41) is 0. The van der Waals surface area contributed by atoms with Gasteiger partial charge in [-0.2, -0.15) is 0 Å². The van der Waals surface area contributed by atoms with Crippen LogP contribution >= 0.6 is 0 Å². The van der Waals surface area contributed by atoms with Crippen molar-refractivity contribution in [1.82, 2.24) is 0 Å². The standard InChI is InChI=1S/C17H16F2O/c18-16-10-9-14(12-17(16)19)11-15(20)8-4-7-13-5-2-1-3-6-13/h1-3,5-6,9-10,12H,4,7-8,11H2. The molecule has 2 aromatic rings. The molecular weight excluding hydrogens is 258 g/mol. The number of halogens is 2. The largest absolute Gasteiger partial charge is 0.299 e. The fourth-order valence-corrected chi connectivity index (χ4v) is 2.10. The van der Waals surface area contributed by atoms with Crippen molar-refractivity contribution in [2.45, 2.75) is 25.7 Å². The van der Waals surface area contributed by atoms with Gasteiger partial charge >= 0.3 is 0 Å². The van der Waals surface area contributed by atoms with Crippen LogP contribution in [0, 0.1) is 11.6 Å². The molecule has 3 heteroatoms. The van der Waals surface area contributed by atoms with Crippen LogP contribution in [0.2, 0.25) is 0 Å². The minimum absolute atomic E-state index is 0.0481. The normalized spacial score (nSPS) is 10.5. The predicted molar refractivity (Wildman–Crippen MR) is 74.4 cm³/mol. The molecule has 0 atom stereocenters. The first-order chi connectivity index (χ1) is 9.65. The number of carbonyl (C=O) groups is 1. The van der Waals surface area contributed by atoms with Gasteiger partial charge in [-0.05, 0) is 36.1 Å². The van der Waals surface area contributed by atoms with Gasteiger partial charge < -0.3 is 0 Å². The van der Waals surface area contributed by atoms with E-state index in [0.29, 0.717) is 12.0 Å². The fraction of sp³-hybridized carbons (Fsp3) is 0.235. The van der Waals surface area contributed by atoms with Crippen LogP contribution in [-0.4, -0.2) is 5.78 Å². The minimum Gasteiger partial charge on any atom is -0.299 e. The molecule has 0 aliphatic rings. The topological polar surface area (TPSA) is 17.1 Å². The summed E-state index contributed by atoms with van der Waals surface area (Å²) >= 11 is 0. The van der Waals surface area contributed by atoms with Crippen molar-refractivity contribution in [3.05, 3.63) is 71.3 Å². The zero-order chi connectivity index (χ0) is 14.4. The molecule has 2 rings (SSSR count). The smallest absolute Gasteiger partial charge is 0.159 e. The summed E-state index contributed by atoms with van der Waals surface area (Å²) < 4.78 is 25.8. The van der Waals surface area contributed by atoms with Crippen LogP contribution in [0.3, 0.4) is 0 Å². The molecule has 0 radical (unpaired) electrons. The van der Waals surface area contributed by atoms with Crippen LogP contribution in [0.1, 0.15) is 24.0 Å². The van der Waals surface area contributed by atoms with Crippen molar-refractivity contribution >= 4 is 5.78 Å². The highest BCUT2D eigenvalue weighted by Gasteiger charge is 2.07. The molecule has 0 bridgehead atoms. The Morgan fingerprint density at radius 1 is 0.900 bits per heavy atom. The number of ketones is 1. The molecule has 0 amide bonds. The van der Waals surface area contributed by atoms with Gasteiger partial charge in [0, 0.05) is 12.8 Å². The highest BCUT2D eigenvalue weighted by atomic mass is 19.2. The number of benzene rings is 2. The average Bonchev–Trinajstić information content (AvgIpc) is 2.44. The monoisotopic (exact) mass is 274 g/mol. The number of rotatable bonds is 6. The third kappa shape index (κ3) is 4.26. The van der Waals surface area contributed by atoms with Crippen molar-refractivity contribution in [3.63, 3.8) is 0 Å². The second-order valence-corrected chi connectivity index (χ2v) is 4.80. The molecule has 104 valence electrons. The van der Waals surface area contributed by atoms with Crippen molar-refractivity contribution in [2.75, 3.05) is 0 Å². The van der Waals surface area contributed by atoms with E-state index in [-0.39, 0.29) is 12.2 Å². The lowest BCUT2D eigenvalue weighted by molar-refractivity contribution is -0.118. The van der Waals surface area contributed by atoms with E-state index in [0.717, 1.165) is 25.0 Å². The number of hydrogen-bond donors (Lipinski definition) is 0. The van der Waals surface area contributed by atoms with Crippen LogP contribution < -0.4 is 0 Å². The van der Waals surface area contributed by atoms with Crippen LogP contribution in [0.25, 0.3) is 0 Å². The molecule has 0 N–H and O–H groups in total. The highest BCUT2D eigenvalue weighted by Crippen LogP contribution is 2.11. The molecule has 2 aromatic carbocycles. The maximum Gasteiger partial charge on any atom is 0.159 e. The fourth-order valence-electron chi connectivity index (χ4n) is 2.10. The molecule has 0 saturated heterocycles. The van der Waals surface area contributed by atoms with Gasteiger partial charge in [0.15, 0.2) is 11.6 Å². The van der Waals surface area contributed by atoms with Gasteiger partial charge in [0.1, 0.15) is 5.78 Å². The van der Waals surface area contributed by atoms with Crippen LogP contribution in [-0.2, 0) is 17.6 Å². The number of Topliss-reactive ketones (excluding diaryl/α,β-unsaturated/α-hetero) is 1. The second kappa shape index (κ2) is 6.94. The Morgan fingerprint density at radius 2 is 1.65 bits per heavy atom. The first kappa shape index (κ1) is 14.4. The average molecular weight is 274 g/mol. The van der Waals surface area contributed by atoms with E-state index in [1.807, 2.05) is 30.3 Å². The lowest BCUT2D eigenvalue weighted by Gasteiger charge is -2.03. The van der Waals surface area contributed by atoms with Crippen molar-refractivity contribution < 1.29 is 13.6 Å². The zero-order valence-corrected chi connectivity index (χ0v) is 11.1. The lowest BCUT2D eigenvalue weighted by atomic mass is 10.0. The Kier molecular flexibility index (Phi) is 4.99. The maximum absolute atomic E-state index is 13.0. The SMILES string of the molecule is O=C(CCCc1ccccc1)Cc1ccc(F)c(F)c1. The Hall–Kier alpha value is -2.03. The summed E-state index contributed by atoms with van der Waals surface area (Å²) in [5.74, 6) is -1.74. The Labute approximate surface area is 117 Å². The van der Waals surface area contributed by atoms with Gasteiger partial charge in [0.25, 0.3) is 0 Å². The van der Waals surface area contributed by atoms with E-state index in [2.05, 4.69) is 0 Å². The minimum atomic E-state index is -0.903. The lowest BCUT2D eigenvalue weighted by Crippen LogP contribution is -2.04. The molecule has 1 nitrogen and oxygen atoms in total.